The van der Waals surface area contributed by atoms with Crippen LogP contribution >= 0.6 is 11.6 Å². The monoisotopic (exact) mass is 581 g/mol. The first-order valence-electron chi connectivity index (χ1n) is 11.1. The minimum absolute atomic E-state index is 0.199. The SMILES string of the molecule is C[C@@H](NC(=O)NC(c1cc(F)cc(OC(F)(F)C(F)F)c1)[C@@H](c1ccccc1)c1ccc(Cl)cn1)C(F)(F)F. The van der Waals surface area contributed by atoms with Crippen LogP contribution in [-0.2, 0) is 0 Å². The third-order valence-corrected chi connectivity index (χ3v) is 5.67. The Labute approximate surface area is 222 Å². The molecule has 0 aliphatic rings. The molecule has 0 saturated heterocycles. The molecule has 3 rings (SSSR count). The number of benzene rings is 2. The van der Waals surface area contributed by atoms with Gasteiger partial charge >= 0.3 is 24.7 Å². The molecule has 39 heavy (non-hydrogen) atoms. The molecule has 14 heteroatoms. The molecule has 0 bridgehead atoms. The lowest BCUT2D eigenvalue weighted by molar-refractivity contribution is -0.253. The predicted molar refractivity (Wildman–Crippen MR) is 125 cm³/mol. The molecular weight excluding hydrogens is 562 g/mol. The molecule has 2 N–H and O–H groups in total. The molecule has 1 heterocycles. The van der Waals surface area contributed by atoms with Gasteiger partial charge in [0.1, 0.15) is 17.6 Å². The molecule has 1 unspecified atom stereocenters. The molecule has 0 aliphatic heterocycles. The number of hydrogen-bond acceptors (Lipinski definition) is 3. The van der Waals surface area contributed by atoms with Gasteiger partial charge in [-0.3, -0.25) is 4.98 Å². The van der Waals surface area contributed by atoms with Crippen LogP contribution in [0.5, 0.6) is 5.75 Å². The van der Waals surface area contributed by atoms with Crippen LogP contribution in [0, 0.1) is 5.82 Å². The molecule has 0 fully saturated rings. The third-order valence-electron chi connectivity index (χ3n) is 5.45. The lowest BCUT2D eigenvalue weighted by atomic mass is 9.84. The van der Waals surface area contributed by atoms with Crippen molar-refractivity contribution in [2.45, 2.75) is 43.6 Å². The average molecular weight is 582 g/mol. The molecule has 0 radical (unpaired) electrons. The number of nitrogens with zero attached hydrogens (tertiary/aromatic N) is 1. The highest BCUT2D eigenvalue weighted by molar-refractivity contribution is 6.30. The summed E-state index contributed by atoms with van der Waals surface area (Å²) >= 11 is 5.92. The molecule has 1 aromatic heterocycles. The van der Waals surface area contributed by atoms with Crippen molar-refractivity contribution in [3.8, 4) is 5.75 Å². The number of hydrogen-bond donors (Lipinski definition) is 2. The van der Waals surface area contributed by atoms with E-state index >= 15 is 0 Å². The second-order valence-corrected chi connectivity index (χ2v) is 8.77. The van der Waals surface area contributed by atoms with Gasteiger partial charge in [0.2, 0.25) is 0 Å². The van der Waals surface area contributed by atoms with E-state index in [1.807, 2.05) is 0 Å². The molecule has 2 aromatic carbocycles. The van der Waals surface area contributed by atoms with Crippen LogP contribution in [-0.4, -0.2) is 35.8 Å². The second kappa shape index (κ2) is 12.1. The standard InChI is InChI=1S/C25H20ClF8N3O2/c1-13(24(30,31)32)36-23(38)37-21(15-9-17(27)11-18(10-15)39-25(33,34)22(28)29)20(14-5-3-2-4-6-14)19-8-7-16(26)12-35-19/h2-13,20-22H,1H3,(H2,36,37,38)/t13-,20+,21?/m1/s1. The van der Waals surface area contributed by atoms with Crippen molar-refractivity contribution < 1.29 is 44.7 Å². The van der Waals surface area contributed by atoms with E-state index in [0.29, 0.717) is 18.6 Å². The van der Waals surface area contributed by atoms with E-state index in [-0.39, 0.29) is 16.3 Å². The van der Waals surface area contributed by atoms with Crippen molar-refractivity contribution in [3.63, 3.8) is 0 Å². The third kappa shape index (κ3) is 7.94. The fraction of sp³-hybridized carbons (Fsp3) is 0.280. The van der Waals surface area contributed by atoms with E-state index in [0.717, 1.165) is 12.1 Å². The van der Waals surface area contributed by atoms with Gasteiger partial charge in [0.25, 0.3) is 0 Å². The molecule has 0 aliphatic carbocycles. The Morgan fingerprint density at radius 1 is 0.949 bits per heavy atom. The number of carbonyl (C=O) groups is 1. The Morgan fingerprint density at radius 2 is 1.62 bits per heavy atom. The van der Waals surface area contributed by atoms with E-state index in [1.165, 1.54) is 18.3 Å². The first-order chi connectivity index (χ1) is 18.2. The number of urea groups is 1. The van der Waals surface area contributed by atoms with E-state index < -0.39 is 54.3 Å². The van der Waals surface area contributed by atoms with Gasteiger partial charge in [-0.25, -0.2) is 9.18 Å². The van der Waals surface area contributed by atoms with Gasteiger partial charge in [0, 0.05) is 12.3 Å². The molecule has 2 amide bonds. The highest BCUT2D eigenvalue weighted by Gasteiger charge is 2.44. The Kier molecular flexibility index (Phi) is 9.26. The fourth-order valence-corrected chi connectivity index (χ4v) is 3.72. The van der Waals surface area contributed by atoms with Gasteiger partial charge in [0.05, 0.1) is 22.7 Å². The number of alkyl halides is 7. The summed E-state index contributed by atoms with van der Waals surface area (Å²) in [5.41, 5.74) is 0.325. The molecule has 3 aromatic rings. The number of amides is 2. The normalized spacial score (nSPS) is 14.4. The highest BCUT2D eigenvalue weighted by atomic mass is 35.5. The zero-order chi connectivity index (χ0) is 29.0. The van der Waals surface area contributed by atoms with Crippen molar-refractivity contribution in [1.29, 1.82) is 0 Å². The zero-order valence-electron chi connectivity index (χ0n) is 19.8. The van der Waals surface area contributed by atoms with Crippen LogP contribution in [0.3, 0.4) is 0 Å². The van der Waals surface area contributed by atoms with E-state index in [1.54, 1.807) is 35.6 Å². The van der Waals surface area contributed by atoms with Gasteiger partial charge in [-0.05, 0) is 42.3 Å². The number of pyridine rings is 1. The van der Waals surface area contributed by atoms with Crippen molar-refractivity contribution in [2.24, 2.45) is 0 Å². The summed E-state index contributed by atoms with van der Waals surface area (Å²) in [6, 6.07) is 7.74. The lowest BCUT2D eigenvalue weighted by Gasteiger charge is -2.30. The topological polar surface area (TPSA) is 63.2 Å². The van der Waals surface area contributed by atoms with Crippen LogP contribution < -0.4 is 15.4 Å². The lowest BCUT2D eigenvalue weighted by Crippen LogP contribution is -2.49. The Morgan fingerprint density at radius 3 is 2.18 bits per heavy atom. The number of aromatic nitrogens is 1. The van der Waals surface area contributed by atoms with Crippen LogP contribution in [0.1, 0.15) is 35.7 Å². The van der Waals surface area contributed by atoms with E-state index in [2.05, 4.69) is 15.0 Å². The maximum absolute atomic E-state index is 14.6. The molecule has 5 nitrogen and oxygen atoms in total. The van der Waals surface area contributed by atoms with Gasteiger partial charge in [-0.1, -0.05) is 41.9 Å². The van der Waals surface area contributed by atoms with Crippen LogP contribution in [0.15, 0.2) is 66.9 Å². The van der Waals surface area contributed by atoms with Crippen molar-refractivity contribution in [3.05, 3.63) is 94.5 Å². The van der Waals surface area contributed by atoms with Crippen LogP contribution in [0.2, 0.25) is 5.02 Å². The molecule has 210 valence electrons. The number of ether oxygens (including phenoxy) is 1. The van der Waals surface area contributed by atoms with E-state index in [9.17, 15) is 39.9 Å². The molecule has 3 atom stereocenters. The van der Waals surface area contributed by atoms with Crippen molar-refractivity contribution in [2.75, 3.05) is 0 Å². The van der Waals surface area contributed by atoms with Crippen molar-refractivity contribution in [1.82, 2.24) is 15.6 Å². The van der Waals surface area contributed by atoms with Gasteiger partial charge in [-0.2, -0.15) is 30.7 Å². The minimum atomic E-state index is -4.98. The summed E-state index contributed by atoms with van der Waals surface area (Å²) in [7, 11) is 0. The number of rotatable bonds is 9. The number of carbonyl (C=O) groups excluding carboxylic acids is 1. The Balaban J connectivity index is 2.15. The first-order valence-corrected chi connectivity index (χ1v) is 11.5. The smallest absolute Gasteiger partial charge is 0.428 e. The fourth-order valence-electron chi connectivity index (χ4n) is 3.61. The molecule has 0 spiro atoms. The van der Waals surface area contributed by atoms with Gasteiger partial charge in [-0.15, -0.1) is 0 Å². The highest BCUT2D eigenvalue weighted by Crippen LogP contribution is 2.39. The van der Waals surface area contributed by atoms with Crippen LogP contribution in [0.4, 0.5) is 39.9 Å². The van der Waals surface area contributed by atoms with Crippen LogP contribution in [0.25, 0.3) is 0 Å². The zero-order valence-corrected chi connectivity index (χ0v) is 20.6. The quantitative estimate of drug-likeness (QED) is 0.262. The van der Waals surface area contributed by atoms with Crippen molar-refractivity contribution >= 4 is 17.6 Å². The Bertz CT molecular complexity index is 1260. The summed E-state index contributed by atoms with van der Waals surface area (Å²) in [6.45, 7) is 0.685. The summed E-state index contributed by atoms with van der Waals surface area (Å²) in [4.78, 5) is 16.9. The average Bonchev–Trinajstić information content (AvgIpc) is 2.84. The second-order valence-electron chi connectivity index (χ2n) is 8.33. The molecular formula is C25H20ClF8N3O2. The molecule has 0 saturated carbocycles. The maximum Gasteiger partial charge on any atom is 0.461 e. The number of nitrogens with one attached hydrogen (secondary N) is 2. The predicted octanol–water partition coefficient (Wildman–Crippen LogP) is 7.23. The maximum atomic E-state index is 14.6. The first kappa shape index (κ1) is 29.9. The van der Waals surface area contributed by atoms with Gasteiger partial charge in [0.15, 0.2) is 0 Å². The largest absolute Gasteiger partial charge is 0.461 e. The summed E-state index contributed by atoms with van der Waals surface area (Å²) < 4.78 is 110. The van der Waals surface area contributed by atoms with Gasteiger partial charge < -0.3 is 15.4 Å². The summed E-state index contributed by atoms with van der Waals surface area (Å²) in [6.07, 6.45) is -12.8. The Hall–Kier alpha value is -3.61. The number of halogens is 9. The summed E-state index contributed by atoms with van der Waals surface area (Å²) in [5.74, 6) is -3.28. The summed E-state index contributed by atoms with van der Waals surface area (Å²) in [5, 5.41) is 4.24. The van der Waals surface area contributed by atoms with E-state index in [4.69, 9.17) is 11.6 Å². The minimum Gasteiger partial charge on any atom is -0.428 e.